The third-order valence-corrected chi connectivity index (χ3v) is 5.30. The molecule has 0 saturated carbocycles. The number of benzene rings is 2. The van der Waals surface area contributed by atoms with Crippen LogP contribution in [0.25, 0.3) is 5.76 Å². The molecule has 0 radical (unpaired) electrons. The number of hydrogen-bond donors (Lipinski definition) is 2. The quantitative estimate of drug-likeness (QED) is 0.328. The van der Waals surface area contributed by atoms with Crippen LogP contribution in [0, 0.1) is 0 Å². The first-order valence-corrected chi connectivity index (χ1v) is 10.7. The zero-order valence-corrected chi connectivity index (χ0v) is 18.7. The lowest BCUT2D eigenvalue weighted by Crippen LogP contribution is -2.29. The highest BCUT2D eigenvalue weighted by molar-refractivity contribution is 6.51. The number of aliphatic hydroxyl groups excluding tert-OH is 1. The number of carbonyl (C=O) groups is 3. The Balaban J connectivity index is 1.85. The Morgan fingerprint density at radius 1 is 1.09 bits per heavy atom. The lowest BCUT2D eigenvalue weighted by atomic mass is 9.98. The van der Waals surface area contributed by atoms with E-state index in [-0.39, 0.29) is 17.2 Å². The molecule has 0 bridgehead atoms. The summed E-state index contributed by atoms with van der Waals surface area (Å²) in [4.78, 5) is 43.4. The predicted octanol–water partition coefficient (Wildman–Crippen LogP) is 4.07. The van der Waals surface area contributed by atoms with Crippen LogP contribution < -0.4 is 15.0 Å². The highest BCUT2D eigenvalue weighted by atomic mass is 16.5. The van der Waals surface area contributed by atoms with Crippen LogP contribution in [0.3, 0.4) is 0 Å². The van der Waals surface area contributed by atoms with Gasteiger partial charge in [0.15, 0.2) is 0 Å². The van der Waals surface area contributed by atoms with Gasteiger partial charge in [0.25, 0.3) is 11.7 Å². The topological polar surface area (TPSA) is 109 Å². The maximum atomic E-state index is 13.2. The summed E-state index contributed by atoms with van der Waals surface area (Å²) >= 11 is 0. The Labute approximate surface area is 196 Å². The fourth-order valence-corrected chi connectivity index (χ4v) is 3.88. The second-order valence-electron chi connectivity index (χ2n) is 7.61. The van der Waals surface area contributed by atoms with Crippen LogP contribution in [0.2, 0.25) is 0 Å². The summed E-state index contributed by atoms with van der Waals surface area (Å²) in [6.45, 7) is 3.68. The number of ether oxygens (including phenoxy) is 1. The molecule has 2 amide bonds. The molecule has 172 valence electrons. The van der Waals surface area contributed by atoms with Crippen LogP contribution in [0.1, 0.15) is 31.1 Å². The molecule has 8 heteroatoms. The number of carbonyl (C=O) groups excluding carboxylic acids is 3. The van der Waals surface area contributed by atoms with Crippen LogP contribution in [0.15, 0.2) is 78.5 Å². The molecule has 2 N–H and O–H groups in total. The van der Waals surface area contributed by atoms with Crippen LogP contribution in [-0.2, 0) is 14.4 Å². The van der Waals surface area contributed by atoms with Crippen molar-refractivity contribution in [3.63, 3.8) is 0 Å². The summed E-state index contributed by atoms with van der Waals surface area (Å²) < 4.78 is 5.51. The summed E-state index contributed by atoms with van der Waals surface area (Å²) in [6, 6.07) is 17.5. The molecule has 1 aliphatic heterocycles. The molecule has 0 spiro atoms. The number of aromatic nitrogens is 1. The van der Waals surface area contributed by atoms with Gasteiger partial charge in [0, 0.05) is 30.1 Å². The lowest BCUT2D eigenvalue weighted by molar-refractivity contribution is -0.132. The van der Waals surface area contributed by atoms with Crippen LogP contribution in [0.5, 0.6) is 5.75 Å². The number of amides is 2. The molecule has 1 fully saturated rings. The van der Waals surface area contributed by atoms with Gasteiger partial charge in [-0.25, -0.2) is 0 Å². The molecule has 3 aromatic rings. The minimum absolute atomic E-state index is 0.0664. The molecule has 1 saturated heterocycles. The Morgan fingerprint density at radius 2 is 1.85 bits per heavy atom. The van der Waals surface area contributed by atoms with Crippen LogP contribution in [-0.4, -0.2) is 34.3 Å². The van der Waals surface area contributed by atoms with Crippen molar-refractivity contribution < 1.29 is 24.2 Å². The largest absolute Gasteiger partial charge is 0.507 e. The van der Waals surface area contributed by atoms with Crippen molar-refractivity contribution >= 4 is 34.7 Å². The molecule has 2 heterocycles. The third-order valence-electron chi connectivity index (χ3n) is 5.30. The second kappa shape index (κ2) is 9.58. The molecule has 1 aliphatic rings. The van der Waals surface area contributed by atoms with Gasteiger partial charge in [-0.15, -0.1) is 0 Å². The van der Waals surface area contributed by atoms with E-state index in [2.05, 4.69) is 10.3 Å². The summed E-state index contributed by atoms with van der Waals surface area (Å²) in [5.74, 6) is -1.61. The van der Waals surface area contributed by atoms with E-state index >= 15 is 0 Å². The van der Waals surface area contributed by atoms with Crippen molar-refractivity contribution in [2.45, 2.75) is 19.9 Å². The predicted molar refractivity (Wildman–Crippen MR) is 127 cm³/mol. The number of rotatable bonds is 6. The first-order valence-electron chi connectivity index (χ1n) is 10.7. The van der Waals surface area contributed by atoms with E-state index in [0.29, 0.717) is 35.0 Å². The lowest BCUT2D eigenvalue weighted by Gasteiger charge is -2.24. The van der Waals surface area contributed by atoms with Crippen molar-refractivity contribution in [1.82, 2.24) is 4.98 Å². The maximum absolute atomic E-state index is 13.2. The molecule has 1 atom stereocenters. The molecule has 0 aliphatic carbocycles. The smallest absolute Gasteiger partial charge is 0.300 e. The van der Waals surface area contributed by atoms with Gasteiger partial charge in [-0.05, 0) is 55.5 Å². The Hall–Kier alpha value is -4.46. The van der Waals surface area contributed by atoms with E-state index in [9.17, 15) is 19.5 Å². The highest BCUT2D eigenvalue weighted by Gasteiger charge is 2.47. The van der Waals surface area contributed by atoms with Gasteiger partial charge in [0.2, 0.25) is 5.91 Å². The van der Waals surface area contributed by atoms with E-state index in [4.69, 9.17) is 4.74 Å². The monoisotopic (exact) mass is 457 g/mol. The number of ketones is 1. The van der Waals surface area contributed by atoms with E-state index in [1.54, 1.807) is 72.9 Å². The average Bonchev–Trinajstić information content (AvgIpc) is 3.10. The number of pyridine rings is 1. The third kappa shape index (κ3) is 4.38. The molecule has 1 aromatic heterocycles. The van der Waals surface area contributed by atoms with E-state index in [1.807, 2.05) is 6.92 Å². The van der Waals surface area contributed by atoms with Gasteiger partial charge < -0.3 is 15.2 Å². The Bertz CT molecular complexity index is 1270. The van der Waals surface area contributed by atoms with Crippen LogP contribution in [0.4, 0.5) is 11.4 Å². The summed E-state index contributed by atoms with van der Waals surface area (Å²) in [5.41, 5.74) is 1.69. The van der Waals surface area contributed by atoms with Crippen molar-refractivity contribution in [1.29, 1.82) is 0 Å². The molecule has 2 aromatic carbocycles. The van der Waals surface area contributed by atoms with Gasteiger partial charge in [0.1, 0.15) is 17.6 Å². The Morgan fingerprint density at radius 3 is 2.50 bits per heavy atom. The minimum Gasteiger partial charge on any atom is -0.507 e. The number of nitrogens with zero attached hydrogens (tertiary/aromatic N) is 2. The maximum Gasteiger partial charge on any atom is 0.300 e. The number of hydrogen-bond acceptors (Lipinski definition) is 6. The number of aliphatic hydroxyl groups is 1. The van der Waals surface area contributed by atoms with Crippen LogP contribution >= 0.6 is 0 Å². The first kappa shape index (κ1) is 22.7. The Kier molecular flexibility index (Phi) is 6.40. The van der Waals surface area contributed by atoms with E-state index < -0.39 is 17.7 Å². The zero-order valence-electron chi connectivity index (χ0n) is 18.7. The number of Topliss-reactive ketones (excluding diaryl/α,β-unsaturated/α-hetero) is 1. The fraction of sp³-hybridized carbons (Fsp3) is 0.154. The van der Waals surface area contributed by atoms with Gasteiger partial charge in [0.05, 0.1) is 17.9 Å². The van der Waals surface area contributed by atoms with Gasteiger partial charge in [-0.3, -0.25) is 24.3 Å². The normalized spacial score (nSPS) is 17.0. The molecule has 34 heavy (non-hydrogen) atoms. The van der Waals surface area contributed by atoms with Crippen molar-refractivity contribution in [2.75, 3.05) is 16.8 Å². The van der Waals surface area contributed by atoms with E-state index in [0.717, 1.165) is 0 Å². The standard InChI is InChI=1S/C26H23N3O5/c1-3-34-20-8-6-7-17(15-20)24(31)22-23(21-9-4-5-14-27-21)29(26(33)25(22)32)19-12-10-18(11-13-19)28-16(2)30/h4-15,23,31H,3H2,1-2H3,(H,28,30)/b24-22-. The molecule has 1 unspecified atom stereocenters. The molecular formula is C26H23N3O5. The van der Waals surface area contributed by atoms with Crippen molar-refractivity contribution in [3.8, 4) is 5.75 Å². The zero-order chi connectivity index (χ0) is 24.2. The second-order valence-corrected chi connectivity index (χ2v) is 7.61. The summed E-state index contributed by atoms with van der Waals surface area (Å²) in [7, 11) is 0. The van der Waals surface area contributed by atoms with Gasteiger partial charge >= 0.3 is 0 Å². The molecule has 4 rings (SSSR count). The summed E-state index contributed by atoms with van der Waals surface area (Å²) in [6.07, 6.45) is 1.56. The summed E-state index contributed by atoms with van der Waals surface area (Å²) in [5, 5.41) is 13.9. The van der Waals surface area contributed by atoms with Crippen molar-refractivity contribution in [3.05, 3.63) is 89.8 Å². The molecular weight excluding hydrogens is 434 g/mol. The van der Waals surface area contributed by atoms with E-state index in [1.165, 1.54) is 11.8 Å². The minimum atomic E-state index is -0.941. The highest BCUT2D eigenvalue weighted by Crippen LogP contribution is 2.41. The molecule has 8 nitrogen and oxygen atoms in total. The van der Waals surface area contributed by atoms with Gasteiger partial charge in [-0.1, -0.05) is 18.2 Å². The first-order chi connectivity index (χ1) is 16.4. The van der Waals surface area contributed by atoms with Gasteiger partial charge in [-0.2, -0.15) is 0 Å². The number of nitrogens with one attached hydrogen (secondary N) is 1. The fourth-order valence-electron chi connectivity index (χ4n) is 3.88. The average molecular weight is 457 g/mol. The van der Waals surface area contributed by atoms with Crippen molar-refractivity contribution in [2.24, 2.45) is 0 Å². The number of anilines is 2. The SMILES string of the molecule is CCOc1cccc(/C(O)=C2/C(=O)C(=O)N(c3ccc(NC(C)=O)cc3)C2c2ccccn2)c1.